The van der Waals surface area contributed by atoms with Gasteiger partial charge in [-0.15, -0.1) is 16.4 Å². The highest BCUT2D eigenvalue weighted by Gasteiger charge is 2.14. The van der Waals surface area contributed by atoms with Gasteiger partial charge in [-0.25, -0.2) is 8.91 Å². The smallest absolute Gasteiger partial charge is 0.243 e. The third-order valence-corrected chi connectivity index (χ3v) is 4.81. The zero-order valence-electron chi connectivity index (χ0n) is 13.0. The molecular weight excluding hydrogens is 335 g/mol. The van der Waals surface area contributed by atoms with Gasteiger partial charge in [0.15, 0.2) is 5.82 Å². The lowest BCUT2D eigenvalue weighted by Gasteiger charge is -2.07. The van der Waals surface area contributed by atoms with E-state index < -0.39 is 6.17 Å². The fourth-order valence-corrected chi connectivity index (χ4v) is 3.33. The predicted octanol–water partition coefficient (Wildman–Crippen LogP) is 4.66. The fraction of sp³-hybridized carbons (Fsp3) is 0.375. The van der Waals surface area contributed by atoms with E-state index in [4.69, 9.17) is 11.6 Å². The van der Waals surface area contributed by atoms with Crippen LogP contribution in [0.5, 0.6) is 0 Å². The molecule has 0 aliphatic rings. The minimum Gasteiger partial charge on any atom is -0.363 e. The average molecular weight is 353 g/mol. The van der Waals surface area contributed by atoms with Crippen LogP contribution in [0.1, 0.15) is 29.5 Å². The fourth-order valence-electron chi connectivity index (χ4n) is 2.52. The van der Waals surface area contributed by atoms with Crippen molar-refractivity contribution in [1.82, 2.24) is 14.6 Å². The van der Waals surface area contributed by atoms with E-state index in [0.717, 1.165) is 16.8 Å². The van der Waals surface area contributed by atoms with E-state index in [-0.39, 0.29) is 5.28 Å². The van der Waals surface area contributed by atoms with Gasteiger partial charge in [-0.2, -0.15) is 4.98 Å². The number of aromatic nitrogens is 3. The first kappa shape index (κ1) is 16.2. The quantitative estimate of drug-likeness (QED) is 0.701. The maximum Gasteiger partial charge on any atom is 0.243 e. The molecule has 1 unspecified atom stereocenters. The number of hydrogen-bond acceptors (Lipinski definition) is 4. The molecule has 23 heavy (non-hydrogen) atoms. The lowest BCUT2D eigenvalue weighted by molar-refractivity contribution is 0.341. The minimum atomic E-state index is -0.816. The molecule has 3 rings (SSSR count). The van der Waals surface area contributed by atoms with Crippen LogP contribution in [-0.2, 0) is 13.0 Å². The van der Waals surface area contributed by atoms with Crippen molar-refractivity contribution in [2.75, 3.05) is 5.32 Å². The first-order valence-corrected chi connectivity index (χ1v) is 8.75. The van der Waals surface area contributed by atoms with Crippen molar-refractivity contribution in [1.29, 1.82) is 0 Å². The Hall–Kier alpha value is -1.66. The van der Waals surface area contributed by atoms with Gasteiger partial charge in [0.05, 0.1) is 12.7 Å². The summed E-state index contributed by atoms with van der Waals surface area (Å²) in [6.45, 7) is 4.23. The van der Waals surface area contributed by atoms with E-state index in [0.29, 0.717) is 25.2 Å². The number of aryl methyl sites for hydroxylation is 2. The molecule has 0 saturated heterocycles. The van der Waals surface area contributed by atoms with E-state index in [9.17, 15) is 4.39 Å². The summed E-state index contributed by atoms with van der Waals surface area (Å²) in [7, 11) is 0. The first-order chi connectivity index (χ1) is 11.0. The minimum absolute atomic E-state index is 0.190. The number of nitrogens with one attached hydrogen (secondary N) is 1. The molecule has 0 aliphatic heterocycles. The first-order valence-electron chi connectivity index (χ1n) is 7.49. The van der Waals surface area contributed by atoms with Crippen molar-refractivity contribution in [3.05, 3.63) is 45.0 Å². The predicted molar refractivity (Wildman–Crippen MR) is 93.3 cm³/mol. The van der Waals surface area contributed by atoms with Crippen molar-refractivity contribution in [2.24, 2.45) is 0 Å². The van der Waals surface area contributed by atoms with Gasteiger partial charge in [-0.1, -0.05) is 6.07 Å². The van der Waals surface area contributed by atoms with Crippen LogP contribution in [0, 0.1) is 6.92 Å². The number of rotatable bonds is 6. The van der Waals surface area contributed by atoms with Crippen LogP contribution in [0.4, 0.5) is 10.2 Å². The lowest BCUT2D eigenvalue weighted by Crippen LogP contribution is -2.05. The summed E-state index contributed by atoms with van der Waals surface area (Å²) in [4.78, 5) is 5.52. The van der Waals surface area contributed by atoms with Crippen LogP contribution in [0.25, 0.3) is 5.52 Å². The van der Waals surface area contributed by atoms with Crippen molar-refractivity contribution in [2.45, 2.75) is 39.4 Å². The van der Waals surface area contributed by atoms with Gasteiger partial charge in [-0.05, 0) is 61.4 Å². The Kier molecular flexibility index (Phi) is 4.82. The molecule has 0 aliphatic carbocycles. The Morgan fingerprint density at radius 1 is 1.48 bits per heavy atom. The van der Waals surface area contributed by atoms with Crippen molar-refractivity contribution in [3.8, 4) is 0 Å². The summed E-state index contributed by atoms with van der Waals surface area (Å²) >= 11 is 7.74. The van der Waals surface area contributed by atoms with Gasteiger partial charge >= 0.3 is 0 Å². The molecule has 122 valence electrons. The second-order valence-corrected chi connectivity index (χ2v) is 6.90. The second-order valence-electron chi connectivity index (χ2n) is 5.53. The van der Waals surface area contributed by atoms with Crippen LogP contribution in [-0.4, -0.2) is 20.8 Å². The summed E-state index contributed by atoms with van der Waals surface area (Å²) < 4.78 is 14.9. The molecule has 0 aromatic carbocycles. The van der Waals surface area contributed by atoms with E-state index in [1.54, 1.807) is 22.8 Å². The summed E-state index contributed by atoms with van der Waals surface area (Å²) in [5.74, 6) is 0.695. The van der Waals surface area contributed by atoms with E-state index in [1.807, 2.05) is 24.4 Å². The number of halogens is 2. The molecule has 0 saturated carbocycles. The van der Waals surface area contributed by atoms with E-state index in [2.05, 4.69) is 21.5 Å². The third-order valence-electron chi connectivity index (χ3n) is 3.77. The molecule has 1 N–H and O–H groups in total. The highest BCUT2D eigenvalue weighted by molar-refractivity contribution is 7.09. The lowest BCUT2D eigenvalue weighted by atomic mass is 10.1. The molecule has 3 aromatic heterocycles. The summed E-state index contributed by atoms with van der Waals surface area (Å²) in [5.41, 5.74) is 2.92. The zero-order chi connectivity index (χ0) is 16.4. The number of alkyl halides is 1. The van der Waals surface area contributed by atoms with Crippen LogP contribution in [0.2, 0.25) is 5.28 Å². The van der Waals surface area contributed by atoms with Gasteiger partial charge in [0.1, 0.15) is 5.52 Å². The molecule has 0 fully saturated rings. The largest absolute Gasteiger partial charge is 0.363 e. The number of nitrogens with zero attached hydrogens (tertiary/aromatic N) is 3. The Morgan fingerprint density at radius 2 is 2.30 bits per heavy atom. The summed E-state index contributed by atoms with van der Waals surface area (Å²) in [5, 5.41) is 9.81. The van der Waals surface area contributed by atoms with Gasteiger partial charge < -0.3 is 5.32 Å². The Labute approximate surface area is 143 Å². The molecule has 0 radical (unpaired) electrons. The molecule has 3 aromatic rings. The highest BCUT2D eigenvalue weighted by atomic mass is 35.5. The van der Waals surface area contributed by atoms with Crippen LogP contribution in [0.3, 0.4) is 0 Å². The van der Waals surface area contributed by atoms with Crippen molar-refractivity contribution >= 4 is 34.3 Å². The molecular formula is C16H18ClFN4S. The summed E-state index contributed by atoms with van der Waals surface area (Å²) in [6.07, 6.45) is 0.356. The zero-order valence-corrected chi connectivity index (χ0v) is 14.6. The highest BCUT2D eigenvalue weighted by Crippen LogP contribution is 2.24. The second kappa shape index (κ2) is 6.84. The number of hydrogen-bond donors (Lipinski definition) is 1. The maximum absolute atomic E-state index is 13.1. The number of thiophene rings is 1. The number of anilines is 1. The third kappa shape index (κ3) is 3.64. The van der Waals surface area contributed by atoms with Gasteiger partial charge in [0, 0.05) is 10.6 Å². The Bertz CT molecular complexity index is 798. The maximum atomic E-state index is 13.1. The SMILES string of the molecule is Cc1c(CCC(C)F)cc2c(NCc3cccs3)nc(Cl)nn12. The van der Waals surface area contributed by atoms with E-state index >= 15 is 0 Å². The molecule has 0 spiro atoms. The molecule has 0 amide bonds. The van der Waals surface area contributed by atoms with Crippen molar-refractivity contribution < 1.29 is 4.39 Å². The summed E-state index contributed by atoms with van der Waals surface area (Å²) in [6, 6.07) is 6.10. The van der Waals surface area contributed by atoms with Gasteiger partial charge in [-0.3, -0.25) is 0 Å². The monoisotopic (exact) mass is 352 g/mol. The number of fused-ring (bicyclic) bond motifs is 1. The Morgan fingerprint density at radius 3 is 3.00 bits per heavy atom. The molecule has 3 heterocycles. The average Bonchev–Trinajstić information content (AvgIpc) is 3.12. The normalized spacial score (nSPS) is 12.7. The Balaban J connectivity index is 1.92. The van der Waals surface area contributed by atoms with Crippen LogP contribution < -0.4 is 5.32 Å². The standard InChI is InChI=1S/C16H18ClFN4S/c1-10(18)5-6-12-8-14-15(19-9-13-4-3-7-23-13)20-16(17)21-22(14)11(12)2/h3-4,7-8,10H,5-6,9H2,1-2H3,(H,19,20,21). The topological polar surface area (TPSA) is 42.2 Å². The molecule has 7 heteroatoms. The van der Waals surface area contributed by atoms with Crippen LogP contribution >= 0.6 is 22.9 Å². The van der Waals surface area contributed by atoms with E-state index in [1.165, 1.54) is 4.88 Å². The molecule has 4 nitrogen and oxygen atoms in total. The van der Waals surface area contributed by atoms with Gasteiger partial charge in [0.25, 0.3) is 0 Å². The van der Waals surface area contributed by atoms with Crippen LogP contribution in [0.15, 0.2) is 23.6 Å². The molecule has 1 atom stereocenters. The molecule has 0 bridgehead atoms. The van der Waals surface area contributed by atoms with Gasteiger partial charge in [0.2, 0.25) is 5.28 Å². The van der Waals surface area contributed by atoms with Crippen molar-refractivity contribution in [3.63, 3.8) is 0 Å².